The highest BCUT2D eigenvalue weighted by atomic mass is 32.2. The van der Waals surface area contributed by atoms with Gasteiger partial charge in [0.2, 0.25) is 0 Å². The first-order valence-corrected chi connectivity index (χ1v) is 9.23. The highest BCUT2D eigenvalue weighted by Gasteiger charge is 2.09. The van der Waals surface area contributed by atoms with Gasteiger partial charge in [-0.15, -0.1) is 11.8 Å². The van der Waals surface area contributed by atoms with Crippen molar-refractivity contribution in [3.05, 3.63) is 59.2 Å². The number of hydrazone groups is 1. The van der Waals surface area contributed by atoms with E-state index < -0.39 is 5.97 Å². The lowest BCUT2D eigenvalue weighted by Gasteiger charge is -2.10. The molecule has 0 heterocycles. The molecule has 8 heteroatoms. The van der Waals surface area contributed by atoms with Crippen LogP contribution in [0.25, 0.3) is 0 Å². The predicted octanol–water partition coefficient (Wildman–Crippen LogP) is 2.75. The molecule has 0 unspecified atom stereocenters. The molecule has 1 amide bonds. The molecule has 27 heavy (non-hydrogen) atoms. The molecule has 0 aliphatic carbocycles. The van der Waals surface area contributed by atoms with E-state index >= 15 is 0 Å². The van der Waals surface area contributed by atoms with E-state index in [4.69, 9.17) is 15.6 Å². The van der Waals surface area contributed by atoms with Gasteiger partial charge in [-0.2, -0.15) is 5.10 Å². The van der Waals surface area contributed by atoms with Gasteiger partial charge < -0.3 is 15.6 Å². The van der Waals surface area contributed by atoms with E-state index in [-0.39, 0.29) is 11.7 Å². The van der Waals surface area contributed by atoms with E-state index in [2.05, 4.69) is 10.5 Å². The van der Waals surface area contributed by atoms with E-state index in [0.717, 1.165) is 11.1 Å². The van der Waals surface area contributed by atoms with Crippen LogP contribution in [0.2, 0.25) is 0 Å². The summed E-state index contributed by atoms with van der Waals surface area (Å²) in [7, 11) is 1.56. The van der Waals surface area contributed by atoms with Gasteiger partial charge in [0.05, 0.1) is 18.6 Å². The van der Waals surface area contributed by atoms with Gasteiger partial charge in [0, 0.05) is 22.6 Å². The topological polar surface area (TPSA) is 114 Å². The molecule has 0 saturated heterocycles. The largest absolute Gasteiger partial charge is 0.496 e. The molecule has 7 nitrogen and oxygen atoms in total. The molecule has 0 aromatic heterocycles. The molecule has 0 aliphatic heterocycles. The Bertz CT molecular complexity index is 851. The van der Waals surface area contributed by atoms with E-state index in [9.17, 15) is 9.59 Å². The molecule has 0 aliphatic rings. The summed E-state index contributed by atoms with van der Waals surface area (Å²) in [4.78, 5) is 22.8. The number of thioether (sulfide) groups is 1. The Hall–Kier alpha value is -3.00. The first kappa shape index (κ1) is 20.3. The Morgan fingerprint density at radius 3 is 2.48 bits per heavy atom. The van der Waals surface area contributed by atoms with Crippen LogP contribution in [-0.2, 0) is 10.5 Å². The second kappa shape index (κ2) is 9.63. The van der Waals surface area contributed by atoms with Crippen molar-refractivity contribution < 1.29 is 19.4 Å². The number of nitrogens with one attached hydrogen (secondary N) is 1. The molecule has 0 fully saturated rings. The summed E-state index contributed by atoms with van der Waals surface area (Å²) in [5.74, 6) is -0.0133. The van der Waals surface area contributed by atoms with Crippen molar-refractivity contribution >= 4 is 35.0 Å². The van der Waals surface area contributed by atoms with Crippen LogP contribution in [0.15, 0.2) is 47.6 Å². The minimum atomic E-state index is -0.863. The minimum Gasteiger partial charge on any atom is -0.496 e. The number of methoxy groups -OCH3 is 1. The first-order valence-electron chi connectivity index (χ1n) is 8.07. The van der Waals surface area contributed by atoms with Crippen molar-refractivity contribution in [2.45, 2.75) is 12.7 Å². The van der Waals surface area contributed by atoms with E-state index in [0.29, 0.717) is 28.5 Å². The Morgan fingerprint density at radius 2 is 1.85 bits per heavy atom. The van der Waals surface area contributed by atoms with Gasteiger partial charge in [-0.1, -0.05) is 0 Å². The van der Waals surface area contributed by atoms with Gasteiger partial charge in [-0.05, 0) is 55.0 Å². The SMILES string of the molecule is COc1ccc(/C(C)=N\NC(=O)c2ccc(N)cc2)cc1CSCC(=O)O. The minimum absolute atomic E-state index is 0.0120. The second-order valence-electron chi connectivity index (χ2n) is 5.67. The number of carbonyl (C=O) groups excluding carboxylic acids is 1. The quantitative estimate of drug-likeness (QED) is 0.365. The number of rotatable bonds is 8. The fourth-order valence-electron chi connectivity index (χ4n) is 2.26. The van der Waals surface area contributed by atoms with Crippen LogP contribution in [0, 0.1) is 0 Å². The Balaban J connectivity index is 2.10. The molecular formula is C19H21N3O4S. The maximum Gasteiger partial charge on any atom is 0.313 e. The molecular weight excluding hydrogens is 366 g/mol. The van der Waals surface area contributed by atoms with Gasteiger partial charge in [0.15, 0.2) is 0 Å². The smallest absolute Gasteiger partial charge is 0.313 e. The number of ether oxygens (including phenoxy) is 1. The molecule has 0 bridgehead atoms. The van der Waals surface area contributed by atoms with Crippen LogP contribution < -0.4 is 15.9 Å². The molecule has 2 aromatic carbocycles. The molecule has 2 rings (SSSR count). The van der Waals surface area contributed by atoms with Crippen molar-refractivity contribution in [3.63, 3.8) is 0 Å². The summed E-state index contributed by atoms with van der Waals surface area (Å²) in [5.41, 5.74) is 11.5. The molecule has 0 saturated carbocycles. The van der Waals surface area contributed by atoms with Crippen molar-refractivity contribution in [1.29, 1.82) is 0 Å². The summed E-state index contributed by atoms with van der Waals surface area (Å²) < 4.78 is 5.32. The number of carboxylic acids is 1. The van der Waals surface area contributed by atoms with Gasteiger partial charge in [-0.25, -0.2) is 5.43 Å². The number of nitrogens with two attached hydrogens (primary N) is 1. The average Bonchev–Trinajstić information content (AvgIpc) is 2.66. The monoisotopic (exact) mass is 387 g/mol. The molecule has 0 spiro atoms. The van der Waals surface area contributed by atoms with Crippen LogP contribution in [0.4, 0.5) is 5.69 Å². The van der Waals surface area contributed by atoms with Crippen LogP contribution in [-0.4, -0.2) is 35.6 Å². The van der Waals surface area contributed by atoms with Crippen molar-refractivity contribution in [2.24, 2.45) is 5.10 Å². The maximum atomic E-state index is 12.1. The lowest BCUT2D eigenvalue weighted by molar-refractivity contribution is -0.133. The Morgan fingerprint density at radius 1 is 1.19 bits per heavy atom. The zero-order chi connectivity index (χ0) is 19.8. The standard InChI is InChI=1S/C19H21N3O4S/c1-12(21-22-19(25)13-3-6-16(20)7-4-13)14-5-8-17(26-2)15(9-14)10-27-11-18(23)24/h3-9H,10-11,20H2,1-2H3,(H,22,25)(H,23,24)/b21-12-. The highest BCUT2D eigenvalue weighted by molar-refractivity contribution is 7.99. The van der Waals surface area contributed by atoms with Gasteiger partial charge in [0.25, 0.3) is 5.91 Å². The summed E-state index contributed by atoms with van der Waals surface area (Å²) in [6.45, 7) is 1.78. The van der Waals surface area contributed by atoms with Gasteiger partial charge in [0.1, 0.15) is 5.75 Å². The number of aliphatic carboxylic acids is 1. The van der Waals surface area contributed by atoms with E-state index in [1.54, 1.807) is 44.4 Å². The van der Waals surface area contributed by atoms with Crippen LogP contribution in [0.5, 0.6) is 5.75 Å². The second-order valence-corrected chi connectivity index (χ2v) is 6.66. The number of amides is 1. The van der Waals surface area contributed by atoms with Gasteiger partial charge in [-0.3, -0.25) is 9.59 Å². The maximum absolute atomic E-state index is 12.1. The van der Waals surface area contributed by atoms with Crippen LogP contribution in [0.3, 0.4) is 0 Å². The van der Waals surface area contributed by atoms with Crippen LogP contribution >= 0.6 is 11.8 Å². The number of carboxylic acid groups (broad SMARTS) is 1. The summed E-state index contributed by atoms with van der Waals surface area (Å²) in [6, 6.07) is 12.1. The molecule has 2 aromatic rings. The number of nitrogen functional groups attached to an aromatic ring is 1. The van der Waals surface area contributed by atoms with Crippen molar-refractivity contribution in [2.75, 3.05) is 18.6 Å². The number of benzene rings is 2. The van der Waals surface area contributed by atoms with Crippen LogP contribution in [0.1, 0.15) is 28.4 Å². The van der Waals surface area contributed by atoms with Crippen molar-refractivity contribution in [1.82, 2.24) is 5.43 Å². The number of nitrogens with zero attached hydrogens (tertiary/aromatic N) is 1. The third kappa shape index (κ3) is 6.03. The molecule has 0 radical (unpaired) electrons. The lowest BCUT2D eigenvalue weighted by Crippen LogP contribution is -2.19. The first-order chi connectivity index (χ1) is 12.9. The fraction of sp³-hybridized carbons (Fsp3) is 0.211. The lowest BCUT2D eigenvalue weighted by atomic mass is 10.1. The zero-order valence-electron chi connectivity index (χ0n) is 15.1. The molecule has 142 valence electrons. The number of anilines is 1. The third-order valence-electron chi connectivity index (χ3n) is 3.68. The summed E-state index contributed by atoms with van der Waals surface area (Å²) in [6.07, 6.45) is 0. The van der Waals surface area contributed by atoms with Gasteiger partial charge >= 0.3 is 5.97 Å². The third-order valence-corrected chi connectivity index (χ3v) is 4.65. The summed E-state index contributed by atoms with van der Waals surface area (Å²) >= 11 is 1.28. The summed E-state index contributed by atoms with van der Waals surface area (Å²) in [5, 5.41) is 12.9. The normalized spacial score (nSPS) is 11.1. The van der Waals surface area contributed by atoms with E-state index in [1.165, 1.54) is 11.8 Å². The average molecular weight is 387 g/mol. The number of hydrogen-bond acceptors (Lipinski definition) is 6. The van der Waals surface area contributed by atoms with Crippen molar-refractivity contribution in [3.8, 4) is 5.75 Å². The number of carbonyl (C=O) groups is 2. The fourth-order valence-corrected chi connectivity index (χ4v) is 2.99. The molecule has 0 atom stereocenters. The predicted molar refractivity (Wildman–Crippen MR) is 107 cm³/mol. The zero-order valence-corrected chi connectivity index (χ0v) is 15.9. The van der Waals surface area contributed by atoms with E-state index in [1.807, 2.05) is 12.1 Å². The Labute approximate surface area is 161 Å². The molecule has 4 N–H and O–H groups in total. The Kier molecular flexibility index (Phi) is 7.25. The number of hydrogen-bond donors (Lipinski definition) is 3. The highest BCUT2D eigenvalue weighted by Crippen LogP contribution is 2.25.